The number of aryl methyl sites for hydroxylation is 1. The molecule has 0 saturated heterocycles. The Bertz CT molecular complexity index is 772. The van der Waals surface area contributed by atoms with Gasteiger partial charge in [-0.25, -0.2) is 0 Å². The van der Waals surface area contributed by atoms with Crippen LogP contribution in [-0.2, 0) is 6.42 Å². The molecule has 0 bridgehead atoms. The second-order valence-electron chi connectivity index (χ2n) is 6.75. The predicted octanol–water partition coefficient (Wildman–Crippen LogP) is 4.11. The van der Waals surface area contributed by atoms with Crippen molar-refractivity contribution in [3.05, 3.63) is 65.2 Å². The lowest BCUT2D eigenvalue weighted by Gasteiger charge is -2.28. The van der Waals surface area contributed by atoms with Gasteiger partial charge in [-0.05, 0) is 48.8 Å². The SMILES string of the molecule is CSc1ccc([C@H]2[C@@H]3CCCc4ccccc4C3=NN2CCO)cc1. The standard InChI is InChI=1S/C21H24N2OS/c1-25-17-11-9-16(10-12-17)21-19-8-4-6-15-5-2-3-7-18(15)20(19)22-23(21)13-14-24/h2-3,5,7,9-12,19,21,24H,4,6,8,13-14H2,1H3/t19-,21+/m1/s1. The predicted molar refractivity (Wildman–Crippen MR) is 104 cm³/mol. The molecule has 0 amide bonds. The topological polar surface area (TPSA) is 35.8 Å². The third-order valence-corrected chi connectivity index (χ3v) is 6.07. The summed E-state index contributed by atoms with van der Waals surface area (Å²) in [5.74, 6) is 0.398. The third-order valence-electron chi connectivity index (χ3n) is 5.33. The van der Waals surface area contributed by atoms with Crippen LogP contribution in [0.15, 0.2) is 58.5 Å². The minimum absolute atomic E-state index is 0.130. The molecule has 2 aromatic carbocycles. The Morgan fingerprint density at radius 2 is 1.96 bits per heavy atom. The number of benzene rings is 2. The molecule has 1 aliphatic heterocycles. The van der Waals surface area contributed by atoms with E-state index in [1.807, 2.05) is 0 Å². The molecule has 2 aromatic rings. The minimum Gasteiger partial charge on any atom is -0.394 e. The Kier molecular flexibility index (Phi) is 4.82. The van der Waals surface area contributed by atoms with E-state index in [9.17, 15) is 5.11 Å². The van der Waals surface area contributed by atoms with Crippen molar-refractivity contribution in [3.63, 3.8) is 0 Å². The molecule has 3 nitrogen and oxygen atoms in total. The number of hydrogen-bond acceptors (Lipinski definition) is 4. The molecule has 0 radical (unpaired) electrons. The van der Waals surface area contributed by atoms with E-state index in [1.165, 1.54) is 33.7 Å². The van der Waals surface area contributed by atoms with Gasteiger partial charge in [-0.3, -0.25) is 5.01 Å². The fraction of sp³-hybridized carbons (Fsp3) is 0.381. The number of hydrogen-bond donors (Lipinski definition) is 1. The average Bonchev–Trinajstić information content (AvgIpc) is 2.90. The van der Waals surface area contributed by atoms with Gasteiger partial charge in [0.15, 0.2) is 0 Å². The number of aliphatic hydroxyl groups is 1. The van der Waals surface area contributed by atoms with Crippen molar-refractivity contribution in [2.45, 2.75) is 30.2 Å². The van der Waals surface area contributed by atoms with Crippen molar-refractivity contribution in [2.75, 3.05) is 19.4 Å². The van der Waals surface area contributed by atoms with Crippen molar-refractivity contribution in [1.82, 2.24) is 5.01 Å². The molecule has 2 atom stereocenters. The molecule has 1 N–H and O–H groups in total. The second kappa shape index (κ2) is 7.22. The Hall–Kier alpha value is -1.78. The Morgan fingerprint density at radius 1 is 1.16 bits per heavy atom. The summed E-state index contributed by atoms with van der Waals surface area (Å²) in [4.78, 5) is 1.28. The van der Waals surface area contributed by atoms with Crippen LogP contribution >= 0.6 is 11.8 Å². The smallest absolute Gasteiger partial charge is 0.0805 e. The third kappa shape index (κ3) is 3.09. The Labute approximate surface area is 153 Å². The van der Waals surface area contributed by atoms with Crippen molar-refractivity contribution < 1.29 is 5.11 Å². The first kappa shape index (κ1) is 16.7. The summed E-state index contributed by atoms with van der Waals surface area (Å²) < 4.78 is 0. The Balaban J connectivity index is 1.75. The molecule has 1 heterocycles. The van der Waals surface area contributed by atoms with Crippen molar-refractivity contribution in [1.29, 1.82) is 0 Å². The molecule has 0 unspecified atom stereocenters. The fourth-order valence-corrected chi connectivity index (χ4v) is 4.59. The van der Waals surface area contributed by atoms with E-state index in [4.69, 9.17) is 5.10 Å². The summed E-state index contributed by atoms with van der Waals surface area (Å²) in [5.41, 5.74) is 5.22. The van der Waals surface area contributed by atoms with Crippen LogP contribution in [0.25, 0.3) is 0 Å². The van der Waals surface area contributed by atoms with E-state index in [0.29, 0.717) is 12.5 Å². The molecule has 4 rings (SSSR count). The largest absolute Gasteiger partial charge is 0.394 e. The summed E-state index contributed by atoms with van der Waals surface area (Å²) in [5, 5.41) is 16.6. The summed E-state index contributed by atoms with van der Waals surface area (Å²) >= 11 is 1.77. The van der Waals surface area contributed by atoms with Crippen molar-refractivity contribution in [3.8, 4) is 0 Å². The number of nitrogens with zero attached hydrogens (tertiary/aromatic N) is 2. The first-order valence-electron chi connectivity index (χ1n) is 9.00. The number of aliphatic hydroxyl groups excluding tert-OH is 1. The molecule has 0 fully saturated rings. The van der Waals surface area contributed by atoms with E-state index in [1.54, 1.807) is 11.8 Å². The van der Waals surface area contributed by atoms with Gasteiger partial charge in [0, 0.05) is 16.4 Å². The number of fused-ring (bicyclic) bond motifs is 3. The molecule has 4 heteroatoms. The Morgan fingerprint density at radius 3 is 2.72 bits per heavy atom. The normalized spacial score (nSPS) is 22.2. The van der Waals surface area contributed by atoms with E-state index in [0.717, 1.165) is 12.8 Å². The summed E-state index contributed by atoms with van der Waals surface area (Å²) in [6.45, 7) is 0.710. The highest BCUT2D eigenvalue weighted by Crippen LogP contribution is 2.42. The molecule has 1 aliphatic carbocycles. The van der Waals surface area contributed by atoms with Crippen LogP contribution in [0.2, 0.25) is 0 Å². The summed E-state index contributed by atoms with van der Waals surface area (Å²) in [6.07, 6.45) is 5.56. The highest BCUT2D eigenvalue weighted by Gasteiger charge is 2.39. The molecule has 0 saturated carbocycles. The zero-order valence-electron chi connectivity index (χ0n) is 14.6. The molecule has 130 valence electrons. The quantitative estimate of drug-likeness (QED) is 0.841. The van der Waals surface area contributed by atoms with Crippen LogP contribution in [0.5, 0.6) is 0 Å². The molecular formula is C21H24N2OS. The van der Waals surface area contributed by atoms with Crippen LogP contribution < -0.4 is 0 Å². The van der Waals surface area contributed by atoms with Crippen molar-refractivity contribution in [2.24, 2.45) is 11.0 Å². The monoisotopic (exact) mass is 352 g/mol. The molecular weight excluding hydrogens is 328 g/mol. The van der Waals surface area contributed by atoms with Crippen LogP contribution in [0.1, 0.15) is 35.6 Å². The van der Waals surface area contributed by atoms with E-state index >= 15 is 0 Å². The van der Waals surface area contributed by atoms with Gasteiger partial charge in [-0.15, -0.1) is 11.8 Å². The first-order valence-corrected chi connectivity index (χ1v) is 10.2. The lowest BCUT2D eigenvalue weighted by molar-refractivity contribution is 0.152. The summed E-state index contributed by atoms with van der Waals surface area (Å²) in [7, 11) is 0. The first-order chi connectivity index (χ1) is 12.3. The van der Waals surface area contributed by atoms with Crippen LogP contribution in [0.3, 0.4) is 0 Å². The van der Waals surface area contributed by atoms with Crippen LogP contribution in [0.4, 0.5) is 0 Å². The van der Waals surface area contributed by atoms with Gasteiger partial charge in [0.1, 0.15) is 0 Å². The maximum Gasteiger partial charge on any atom is 0.0805 e. The lowest BCUT2D eigenvalue weighted by Crippen LogP contribution is -2.27. The van der Waals surface area contributed by atoms with Crippen LogP contribution in [0, 0.1) is 5.92 Å². The van der Waals surface area contributed by atoms with Gasteiger partial charge in [-0.1, -0.05) is 36.4 Å². The number of β-amino-alcohol motifs (C(OH)–C–C–N with tert-alkyl or cyclic N) is 1. The number of thioether (sulfide) groups is 1. The maximum atomic E-state index is 9.54. The van der Waals surface area contributed by atoms with E-state index in [2.05, 4.69) is 59.8 Å². The van der Waals surface area contributed by atoms with Crippen LogP contribution in [-0.4, -0.2) is 35.2 Å². The zero-order valence-corrected chi connectivity index (χ0v) is 15.4. The van der Waals surface area contributed by atoms with Gasteiger partial charge in [0.05, 0.1) is 24.9 Å². The molecule has 25 heavy (non-hydrogen) atoms. The van der Waals surface area contributed by atoms with E-state index < -0.39 is 0 Å². The lowest BCUT2D eigenvalue weighted by atomic mass is 9.85. The second-order valence-corrected chi connectivity index (χ2v) is 7.63. The fourth-order valence-electron chi connectivity index (χ4n) is 4.18. The zero-order chi connectivity index (χ0) is 17.2. The van der Waals surface area contributed by atoms with Crippen molar-refractivity contribution >= 4 is 17.5 Å². The van der Waals surface area contributed by atoms with Gasteiger partial charge in [0.25, 0.3) is 0 Å². The van der Waals surface area contributed by atoms with Gasteiger partial charge in [-0.2, -0.15) is 5.10 Å². The van der Waals surface area contributed by atoms with Gasteiger partial charge >= 0.3 is 0 Å². The maximum absolute atomic E-state index is 9.54. The molecule has 0 spiro atoms. The van der Waals surface area contributed by atoms with Gasteiger partial charge < -0.3 is 5.11 Å². The number of hydrazone groups is 1. The summed E-state index contributed by atoms with van der Waals surface area (Å²) in [6, 6.07) is 17.8. The van der Waals surface area contributed by atoms with E-state index in [-0.39, 0.29) is 12.6 Å². The minimum atomic E-state index is 0.130. The van der Waals surface area contributed by atoms with Gasteiger partial charge in [0.2, 0.25) is 0 Å². The number of rotatable bonds is 4. The molecule has 0 aromatic heterocycles. The highest BCUT2D eigenvalue weighted by atomic mass is 32.2. The molecule has 2 aliphatic rings. The average molecular weight is 353 g/mol. The highest BCUT2D eigenvalue weighted by molar-refractivity contribution is 7.98.